The van der Waals surface area contributed by atoms with E-state index in [1.54, 1.807) is 25.3 Å². The fourth-order valence-corrected chi connectivity index (χ4v) is 5.32. The molecule has 2 aromatic carbocycles. The molecular formula is C23H30N2O5S. The third-order valence-electron chi connectivity index (χ3n) is 5.52. The van der Waals surface area contributed by atoms with E-state index in [2.05, 4.69) is 5.32 Å². The molecule has 0 aromatic heterocycles. The first-order chi connectivity index (χ1) is 14.8. The van der Waals surface area contributed by atoms with Crippen molar-refractivity contribution >= 4 is 21.6 Å². The van der Waals surface area contributed by atoms with Crippen LogP contribution < -0.4 is 14.8 Å². The highest BCUT2D eigenvalue weighted by molar-refractivity contribution is 7.89. The number of piperidine rings is 1. The van der Waals surface area contributed by atoms with E-state index in [-0.39, 0.29) is 16.7 Å². The minimum atomic E-state index is -3.61. The number of methoxy groups -OCH3 is 1. The van der Waals surface area contributed by atoms with Crippen LogP contribution >= 0.6 is 0 Å². The van der Waals surface area contributed by atoms with E-state index < -0.39 is 10.0 Å². The Morgan fingerprint density at radius 2 is 1.77 bits per heavy atom. The first-order valence-electron chi connectivity index (χ1n) is 10.5. The summed E-state index contributed by atoms with van der Waals surface area (Å²) in [7, 11) is -2.05. The second kappa shape index (κ2) is 9.70. The number of aryl methyl sites for hydroxylation is 2. The highest BCUT2D eigenvalue weighted by atomic mass is 32.2. The molecule has 1 saturated heterocycles. The molecule has 2 aromatic rings. The van der Waals surface area contributed by atoms with Crippen molar-refractivity contribution in [3.8, 4) is 11.5 Å². The average Bonchev–Trinajstić information content (AvgIpc) is 2.75. The summed E-state index contributed by atoms with van der Waals surface area (Å²) in [6.45, 7) is 6.80. The van der Waals surface area contributed by atoms with E-state index in [0.717, 1.165) is 11.1 Å². The van der Waals surface area contributed by atoms with Crippen LogP contribution in [0.25, 0.3) is 0 Å². The summed E-state index contributed by atoms with van der Waals surface area (Å²) in [4.78, 5) is 13.0. The number of benzene rings is 2. The lowest BCUT2D eigenvalue weighted by atomic mass is 9.97. The molecule has 1 aliphatic heterocycles. The van der Waals surface area contributed by atoms with E-state index in [4.69, 9.17) is 9.47 Å². The molecule has 3 rings (SSSR count). The number of nitrogens with zero attached hydrogens (tertiary/aromatic N) is 1. The predicted molar refractivity (Wildman–Crippen MR) is 120 cm³/mol. The zero-order valence-corrected chi connectivity index (χ0v) is 19.3. The Labute approximate surface area is 184 Å². The number of amides is 1. The van der Waals surface area contributed by atoms with Crippen molar-refractivity contribution in [2.24, 2.45) is 5.92 Å². The summed E-state index contributed by atoms with van der Waals surface area (Å²) in [5, 5.41) is 2.94. The van der Waals surface area contributed by atoms with Gasteiger partial charge in [-0.1, -0.05) is 6.07 Å². The van der Waals surface area contributed by atoms with Crippen molar-refractivity contribution in [3.05, 3.63) is 47.5 Å². The van der Waals surface area contributed by atoms with Gasteiger partial charge in [0.05, 0.1) is 24.3 Å². The van der Waals surface area contributed by atoms with Gasteiger partial charge in [0.15, 0.2) is 0 Å². The van der Waals surface area contributed by atoms with Gasteiger partial charge in [0.1, 0.15) is 11.5 Å². The third kappa shape index (κ3) is 5.19. The van der Waals surface area contributed by atoms with Crippen LogP contribution in [0.3, 0.4) is 0 Å². The van der Waals surface area contributed by atoms with Crippen LogP contribution in [-0.2, 0) is 14.8 Å². The van der Waals surface area contributed by atoms with Crippen LogP contribution in [0.4, 0.5) is 5.69 Å². The molecule has 0 unspecified atom stereocenters. The molecule has 0 atom stereocenters. The van der Waals surface area contributed by atoms with Crippen molar-refractivity contribution in [1.82, 2.24) is 4.31 Å². The van der Waals surface area contributed by atoms with Gasteiger partial charge >= 0.3 is 0 Å². The molecule has 0 aliphatic carbocycles. The van der Waals surface area contributed by atoms with E-state index in [1.165, 1.54) is 4.31 Å². The Morgan fingerprint density at radius 3 is 2.39 bits per heavy atom. The topological polar surface area (TPSA) is 84.9 Å². The molecule has 0 radical (unpaired) electrons. The first-order valence-corrected chi connectivity index (χ1v) is 11.9. The molecule has 1 fully saturated rings. The van der Waals surface area contributed by atoms with Crippen LogP contribution in [0.1, 0.15) is 30.9 Å². The quantitative estimate of drug-likeness (QED) is 0.700. The number of sulfonamides is 1. The highest BCUT2D eigenvalue weighted by Gasteiger charge is 2.32. The van der Waals surface area contributed by atoms with Crippen LogP contribution in [0.15, 0.2) is 41.3 Å². The summed E-state index contributed by atoms with van der Waals surface area (Å²) in [6.07, 6.45) is 0.935. The maximum atomic E-state index is 13.1. The van der Waals surface area contributed by atoms with Gasteiger partial charge in [-0.2, -0.15) is 4.31 Å². The molecule has 1 heterocycles. The zero-order chi connectivity index (χ0) is 22.6. The fraction of sp³-hybridized carbons (Fsp3) is 0.435. The lowest BCUT2D eigenvalue weighted by Crippen LogP contribution is -2.41. The van der Waals surface area contributed by atoms with Gasteiger partial charge in [0.25, 0.3) is 0 Å². The van der Waals surface area contributed by atoms with E-state index in [9.17, 15) is 13.2 Å². The maximum Gasteiger partial charge on any atom is 0.243 e. The molecule has 1 aliphatic rings. The lowest BCUT2D eigenvalue weighted by Gasteiger charge is -2.30. The average molecular weight is 447 g/mol. The molecule has 1 N–H and O–H groups in total. The highest BCUT2D eigenvalue weighted by Crippen LogP contribution is 2.30. The number of hydrogen-bond acceptors (Lipinski definition) is 5. The summed E-state index contributed by atoms with van der Waals surface area (Å²) in [6, 6.07) is 10.5. The number of carbonyl (C=O) groups excluding carboxylic acids is 1. The number of ether oxygens (including phenoxy) is 2. The summed E-state index contributed by atoms with van der Waals surface area (Å²) >= 11 is 0. The molecule has 0 saturated carbocycles. The number of anilines is 1. The third-order valence-corrected chi connectivity index (χ3v) is 7.42. The fourth-order valence-electron chi connectivity index (χ4n) is 3.76. The smallest absolute Gasteiger partial charge is 0.243 e. The summed E-state index contributed by atoms with van der Waals surface area (Å²) in [5.41, 5.74) is 2.43. The number of rotatable bonds is 7. The first kappa shape index (κ1) is 23.1. The SMILES string of the molecule is CCOc1ccc(S(=O)(=O)N2CCC(C(=O)Nc3cc(C)ccc3OC)CC2)cc1C. The van der Waals surface area contributed by atoms with Gasteiger partial charge < -0.3 is 14.8 Å². The predicted octanol–water partition coefficient (Wildman–Crippen LogP) is 3.75. The van der Waals surface area contributed by atoms with Crippen molar-refractivity contribution in [2.45, 2.75) is 38.5 Å². The summed E-state index contributed by atoms with van der Waals surface area (Å²) in [5.74, 6) is 0.921. The summed E-state index contributed by atoms with van der Waals surface area (Å²) < 4.78 is 38.4. The van der Waals surface area contributed by atoms with Gasteiger partial charge in [-0.25, -0.2) is 8.42 Å². The van der Waals surface area contributed by atoms with Crippen LogP contribution in [-0.4, -0.2) is 45.4 Å². The molecule has 1 amide bonds. The zero-order valence-electron chi connectivity index (χ0n) is 18.5. The monoisotopic (exact) mass is 446 g/mol. The minimum absolute atomic E-state index is 0.113. The normalized spacial score (nSPS) is 15.5. The van der Waals surface area contributed by atoms with Crippen molar-refractivity contribution in [3.63, 3.8) is 0 Å². The largest absolute Gasteiger partial charge is 0.495 e. The molecule has 8 heteroatoms. The Morgan fingerprint density at radius 1 is 1.10 bits per heavy atom. The van der Waals surface area contributed by atoms with E-state index in [0.29, 0.717) is 49.7 Å². The maximum absolute atomic E-state index is 13.1. The van der Waals surface area contributed by atoms with Gasteiger partial charge in [0, 0.05) is 19.0 Å². The van der Waals surface area contributed by atoms with Crippen LogP contribution in [0, 0.1) is 19.8 Å². The molecule has 31 heavy (non-hydrogen) atoms. The Bertz CT molecular complexity index is 1040. The minimum Gasteiger partial charge on any atom is -0.495 e. The van der Waals surface area contributed by atoms with Crippen molar-refractivity contribution in [2.75, 3.05) is 32.1 Å². The van der Waals surface area contributed by atoms with Crippen molar-refractivity contribution < 1.29 is 22.7 Å². The lowest BCUT2D eigenvalue weighted by molar-refractivity contribution is -0.120. The van der Waals surface area contributed by atoms with E-state index >= 15 is 0 Å². The second-order valence-corrected chi connectivity index (χ2v) is 9.67. The van der Waals surface area contributed by atoms with Gasteiger partial charge in [-0.15, -0.1) is 0 Å². The van der Waals surface area contributed by atoms with Gasteiger partial charge in [0.2, 0.25) is 15.9 Å². The number of carbonyl (C=O) groups is 1. The molecular weight excluding hydrogens is 416 g/mol. The Hall–Kier alpha value is -2.58. The Kier molecular flexibility index (Phi) is 7.23. The second-order valence-electron chi connectivity index (χ2n) is 7.73. The van der Waals surface area contributed by atoms with E-state index in [1.807, 2.05) is 39.0 Å². The molecule has 0 spiro atoms. The van der Waals surface area contributed by atoms with Crippen LogP contribution in [0.5, 0.6) is 11.5 Å². The molecule has 168 valence electrons. The van der Waals surface area contributed by atoms with Gasteiger partial charge in [-0.05, 0) is 75.1 Å². The molecule has 0 bridgehead atoms. The van der Waals surface area contributed by atoms with Gasteiger partial charge in [-0.3, -0.25) is 4.79 Å². The number of nitrogens with one attached hydrogen (secondary N) is 1. The van der Waals surface area contributed by atoms with Crippen molar-refractivity contribution in [1.29, 1.82) is 0 Å². The van der Waals surface area contributed by atoms with Crippen LogP contribution in [0.2, 0.25) is 0 Å². The molecule has 7 nitrogen and oxygen atoms in total. The number of hydrogen-bond donors (Lipinski definition) is 1. The Balaban J connectivity index is 1.65. The standard InChI is InChI=1S/C23H30N2O5S/c1-5-30-21-9-7-19(15-17(21)3)31(27,28)25-12-10-18(11-13-25)23(26)24-20-14-16(2)6-8-22(20)29-4/h6-9,14-15,18H,5,10-13H2,1-4H3,(H,24,26).